The number of carbonyl (C=O) groups excluding carboxylic acids is 1. The monoisotopic (exact) mass is 516 g/mol. The predicted molar refractivity (Wildman–Crippen MR) is 143 cm³/mol. The van der Waals surface area contributed by atoms with Gasteiger partial charge < -0.3 is 9.47 Å². The maximum Gasteiger partial charge on any atom is 0.339 e. The Morgan fingerprint density at radius 2 is 1.78 bits per heavy atom. The molecule has 190 valence electrons. The molecule has 0 saturated heterocycles. The van der Waals surface area contributed by atoms with Gasteiger partial charge in [-0.05, 0) is 66.5 Å². The van der Waals surface area contributed by atoms with Crippen LogP contribution in [0.3, 0.4) is 0 Å². The largest absolute Gasteiger partial charge is 0.497 e. The zero-order valence-corrected chi connectivity index (χ0v) is 21.7. The van der Waals surface area contributed by atoms with Crippen LogP contribution in [0.4, 0.5) is 0 Å². The highest BCUT2D eigenvalue weighted by molar-refractivity contribution is 7.89. The molecule has 0 fully saturated rings. The number of rotatable bonds is 6. The summed E-state index contributed by atoms with van der Waals surface area (Å²) in [6, 6.07) is 21.9. The maximum atomic E-state index is 13.7. The topological polar surface area (TPSA) is 85.3 Å². The Hall–Kier alpha value is -3.91. The van der Waals surface area contributed by atoms with Gasteiger partial charge in [0.2, 0.25) is 0 Å². The summed E-state index contributed by atoms with van der Waals surface area (Å²) < 4.78 is 39.1. The van der Waals surface area contributed by atoms with Crippen molar-refractivity contribution in [2.45, 2.75) is 30.2 Å². The number of aliphatic imine (C=N–C) groups is 1. The van der Waals surface area contributed by atoms with E-state index in [2.05, 4.69) is 0 Å². The van der Waals surface area contributed by atoms with Crippen LogP contribution in [-0.2, 0) is 19.6 Å². The van der Waals surface area contributed by atoms with Crippen molar-refractivity contribution in [3.8, 4) is 5.75 Å². The van der Waals surface area contributed by atoms with Crippen molar-refractivity contribution in [3.63, 3.8) is 0 Å². The zero-order valence-electron chi connectivity index (χ0n) is 20.9. The summed E-state index contributed by atoms with van der Waals surface area (Å²) in [6.07, 6.45) is 3.20. The van der Waals surface area contributed by atoms with E-state index in [0.29, 0.717) is 5.57 Å². The maximum absolute atomic E-state index is 13.7. The highest BCUT2D eigenvalue weighted by atomic mass is 32.2. The summed E-state index contributed by atoms with van der Waals surface area (Å²) in [5, 5.41) is 0. The molecule has 5 rings (SSSR count). The molecule has 3 aromatic carbocycles. The van der Waals surface area contributed by atoms with Crippen LogP contribution >= 0.6 is 0 Å². The lowest BCUT2D eigenvalue weighted by molar-refractivity contribution is -0.147. The molecule has 0 spiro atoms. The zero-order chi connectivity index (χ0) is 26.2. The Kier molecular flexibility index (Phi) is 6.37. The average Bonchev–Trinajstić information content (AvgIpc) is 3.19. The lowest BCUT2D eigenvalue weighted by atomic mass is 9.80. The van der Waals surface area contributed by atoms with E-state index in [9.17, 15) is 13.2 Å². The van der Waals surface area contributed by atoms with Gasteiger partial charge >= 0.3 is 5.97 Å². The number of benzene rings is 3. The fourth-order valence-corrected chi connectivity index (χ4v) is 6.31. The molecular weight excluding hydrogens is 488 g/mol. The molecule has 1 aliphatic carbocycles. The molecular formula is C29H28N2O5S. The van der Waals surface area contributed by atoms with Crippen molar-refractivity contribution < 1.29 is 22.7 Å². The average molecular weight is 517 g/mol. The van der Waals surface area contributed by atoms with E-state index in [1.54, 1.807) is 38.3 Å². The van der Waals surface area contributed by atoms with E-state index in [-0.39, 0.29) is 18.0 Å². The number of carbonyl (C=O) groups is 1. The minimum Gasteiger partial charge on any atom is -0.497 e. The number of methoxy groups -OCH3 is 1. The van der Waals surface area contributed by atoms with Crippen molar-refractivity contribution in [3.05, 3.63) is 95.1 Å². The molecule has 7 nitrogen and oxygen atoms in total. The summed E-state index contributed by atoms with van der Waals surface area (Å²) in [5.74, 6) is -0.336. The minimum atomic E-state index is -3.87. The molecule has 0 amide bonds. The first-order valence-electron chi connectivity index (χ1n) is 12.1. The fourth-order valence-electron chi connectivity index (χ4n) is 5.04. The Bertz CT molecular complexity index is 1490. The fraction of sp³-hybridized carbons (Fsp3) is 0.241. The van der Waals surface area contributed by atoms with E-state index >= 15 is 0 Å². The Morgan fingerprint density at radius 1 is 1.08 bits per heavy atom. The van der Waals surface area contributed by atoms with Gasteiger partial charge in [-0.1, -0.05) is 54.1 Å². The smallest absolute Gasteiger partial charge is 0.339 e. The molecule has 8 heteroatoms. The Morgan fingerprint density at radius 3 is 2.46 bits per heavy atom. The molecule has 0 bridgehead atoms. The molecule has 0 radical (unpaired) electrons. The van der Waals surface area contributed by atoms with E-state index in [0.717, 1.165) is 28.0 Å². The molecule has 0 saturated carbocycles. The van der Waals surface area contributed by atoms with Crippen molar-refractivity contribution >= 4 is 34.0 Å². The predicted octanol–water partition coefficient (Wildman–Crippen LogP) is 4.68. The van der Waals surface area contributed by atoms with Crippen LogP contribution in [0.1, 0.15) is 35.1 Å². The van der Waals surface area contributed by atoms with Crippen LogP contribution in [0.2, 0.25) is 0 Å². The minimum absolute atomic E-state index is 0.0511. The van der Waals surface area contributed by atoms with Gasteiger partial charge in [-0.15, -0.1) is 0 Å². The number of ether oxygens (including phenoxy) is 2. The van der Waals surface area contributed by atoms with Gasteiger partial charge in [-0.25, -0.2) is 13.2 Å². The summed E-state index contributed by atoms with van der Waals surface area (Å²) >= 11 is 0. The van der Waals surface area contributed by atoms with Gasteiger partial charge in [0.15, 0.2) is 5.54 Å². The number of esters is 1. The Balaban J connectivity index is 1.67. The van der Waals surface area contributed by atoms with E-state index < -0.39 is 27.4 Å². The molecule has 37 heavy (non-hydrogen) atoms. The lowest BCUT2D eigenvalue weighted by Gasteiger charge is -2.38. The lowest BCUT2D eigenvalue weighted by Crippen LogP contribution is -2.51. The summed E-state index contributed by atoms with van der Waals surface area (Å²) in [6.45, 7) is 3.88. The van der Waals surface area contributed by atoms with Gasteiger partial charge in [0.25, 0.3) is 10.0 Å². The first kappa shape index (κ1) is 24.8. The second-order valence-electron chi connectivity index (χ2n) is 9.09. The summed E-state index contributed by atoms with van der Waals surface area (Å²) in [4.78, 5) is 18.6. The van der Waals surface area contributed by atoms with Crippen molar-refractivity contribution in [1.82, 2.24) is 4.31 Å². The number of fused-ring (bicyclic) bond motifs is 3. The highest BCUT2D eigenvalue weighted by Crippen LogP contribution is 2.54. The van der Waals surface area contributed by atoms with E-state index in [1.807, 2.05) is 61.5 Å². The van der Waals surface area contributed by atoms with Crippen LogP contribution in [0.5, 0.6) is 5.75 Å². The highest BCUT2D eigenvalue weighted by Gasteiger charge is 2.59. The molecule has 2 atom stereocenters. The van der Waals surface area contributed by atoms with Gasteiger partial charge in [-0.3, -0.25) is 9.30 Å². The SMILES string of the molecule is CCOC(=O)C12N=CN(S(=O)(=O)c3ccc(C)cc3)CC1c1ccccc1/C2=C/c1ccc(OC)cc1. The molecule has 3 aromatic rings. The first-order valence-corrected chi connectivity index (χ1v) is 13.5. The van der Waals surface area contributed by atoms with Crippen molar-refractivity contribution in [1.29, 1.82) is 0 Å². The van der Waals surface area contributed by atoms with Gasteiger partial charge in [0.1, 0.15) is 12.1 Å². The number of hydrogen-bond donors (Lipinski definition) is 0. The third-order valence-corrected chi connectivity index (χ3v) is 8.66. The van der Waals surface area contributed by atoms with Gasteiger partial charge in [-0.2, -0.15) is 0 Å². The third-order valence-electron chi connectivity index (χ3n) is 6.93. The molecule has 1 aliphatic heterocycles. The molecule has 2 aliphatic rings. The van der Waals surface area contributed by atoms with Gasteiger partial charge in [0.05, 0.1) is 18.6 Å². The second kappa shape index (κ2) is 9.52. The number of nitrogens with zero attached hydrogens (tertiary/aromatic N) is 2. The van der Waals surface area contributed by atoms with Crippen LogP contribution in [0.15, 0.2) is 82.7 Å². The van der Waals surface area contributed by atoms with Crippen LogP contribution < -0.4 is 4.74 Å². The number of hydrogen-bond acceptors (Lipinski definition) is 6. The second-order valence-corrected chi connectivity index (χ2v) is 11.0. The molecule has 1 heterocycles. The normalized spacial score (nSPS) is 21.4. The standard InChI is InChI=1S/C29H28N2O5S/c1-4-36-28(32)29-26(17-21-11-13-22(35-3)14-12-21)24-7-5-6-8-25(24)27(29)18-31(19-30-29)37(33,34)23-15-9-20(2)10-16-23/h5-17,19,27H,4,18H2,1-3H3/b26-17-. The van der Waals surface area contributed by atoms with E-state index in [1.165, 1.54) is 10.6 Å². The molecule has 2 unspecified atom stereocenters. The number of sulfonamides is 1. The third kappa shape index (κ3) is 4.11. The number of aryl methyl sites for hydroxylation is 1. The van der Waals surface area contributed by atoms with Gasteiger partial charge in [0, 0.05) is 12.5 Å². The quantitative estimate of drug-likeness (QED) is 0.445. The van der Waals surface area contributed by atoms with Crippen LogP contribution in [0, 0.1) is 6.92 Å². The van der Waals surface area contributed by atoms with E-state index in [4.69, 9.17) is 14.5 Å². The summed E-state index contributed by atoms with van der Waals surface area (Å²) in [7, 11) is -2.26. The van der Waals surface area contributed by atoms with Crippen LogP contribution in [0.25, 0.3) is 11.6 Å². The van der Waals surface area contributed by atoms with Crippen molar-refractivity contribution in [2.75, 3.05) is 20.3 Å². The molecule has 0 N–H and O–H groups in total. The van der Waals surface area contributed by atoms with Crippen molar-refractivity contribution in [2.24, 2.45) is 4.99 Å². The Labute approximate surface area is 217 Å². The first-order chi connectivity index (χ1) is 17.8. The van der Waals surface area contributed by atoms with Crippen LogP contribution in [-0.4, -0.2) is 50.8 Å². The molecule has 0 aromatic heterocycles. The summed E-state index contributed by atoms with van der Waals surface area (Å²) in [5.41, 5.74) is 2.81.